The number of H-pyrrole nitrogens is 1. The first-order chi connectivity index (χ1) is 16.9. The minimum atomic E-state index is -0.897. The molecular weight excluding hydrogens is 448 g/mol. The smallest absolute Gasteiger partial charge is 0.329 e. The number of piperazine rings is 1. The molecule has 184 valence electrons. The van der Waals surface area contributed by atoms with E-state index in [0.717, 1.165) is 43.5 Å². The van der Waals surface area contributed by atoms with Gasteiger partial charge in [-0.15, -0.1) is 0 Å². The fourth-order valence-corrected chi connectivity index (χ4v) is 4.61. The van der Waals surface area contributed by atoms with Crippen LogP contribution in [-0.4, -0.2) is 74.5 Å². The highest BCUT2D eigenvalue weighted by molar-refractivity contribution is 5.83. The maximum absolute atomic E-state index is 12.8. The van der Waals surface area contributed by atoms with Crippen LogP contribution in [0.3, 0.4) is 0 Å². The molecule has 3 heterocycles. The van der Waals surface area contributed by atoms with Gasteiger partial charge in [-0.05, 0) is 29.4 Å². The zero-order chi connectivity index (χ0) is 24.5. The number of anilines is 1. The number of aliphatic hydroxyl groups excluding tert-OH is 1. The van der Waals surface area contributed by atoms with Crippen LogP contribution in [0.4, 0.5) is 5.95 Å². The third kappa shape index (κ3) is 4.54. The quantitative estimate of drug-likeness (QED) is 0.410. The van der Waals surface area contributed by atoms with Crippen LogP contribution in [-0.2, 0) is 13.6 Å². The lowest BCUT2D eigenvalue weighted by atomic mass is 10.1. The second kappa shape index (κ2) is 9.55. The molecule has 35 heavy (non-hydrogen) atoms. The number of benzene rings is 2. The Morgan fingerprint density at radius 3 is 2.57 bits per heavy atom. The van der Waals surface area contributed by atoms with Crippen molar-refractivity contribution >= 4 is 27.9 Å². The molecule has 10 heteroatoms. The van der Waals surface area contributed by atoms with Crippen molar-refractivity contribution in [1.29, 1.82) is 0 Å². The molecule has 0 bridgehead atoms. The number of rotatable bonds is 7. The zero-order valence-corrected chi connectivity index (χ0v) is 20.0. The molecule has 5 rings (SSSR count). The lowest BCUT2D eigenvalue weighted by Gasteiger charge is -2.35. The van der Waals surface area contributed by atoms with Crippen LogP contribution in [0.2, 0.25) is 0 Å². The average Bonchev–Trinajstić information content (AvgIpc) is 3.25. The summed E-state index contributed by atoms with van der Waals surface area (Å²) in [6.45, 7) is 6.50. The summed E-state index contributed by atoms with van der Waals surface area (Å²) < 4.78 is 8.92. The summed E-state index contributed by atoms with van der Waals surface area (Å²) in [6, 6.07) is 13.8. The zero-order valence-electron chi connectivity index (χ0n) is 20.0. The van der Waals surface area contributed by atoms with E-state index in [9.17, 15) is 14.7 Å². The molecule has 0 aliphatic carbocycles. The Kier molecular flexibility index (Phi) is 6.31. The number of fused-ring (bicyclic) bond motifs is 2. The first-order valence-electron chi connectivity index (χ1n) is 11.9. The average molecular weight is 479 g/mol. The van der Waals surface area contributed by atoms with Crippen LogP contribution in [0.5, 0.6) is 5.75 Å². The molecule has 0 unspecified atom stereocenters. The number of likely N-dealkylation sites (N-methyl/N-ethyl adjacent to an activating group) is 1. The molecule has 1 aliphatic heterocycles. The van der Waals surface area contributed by atoms with Crippen LogP contribution in [0.15, 0.2) is 52.1 Å². The number of aromatic amines is 1. The fraction of sp³-hybridized carbons (Fsp3) is 0.400. The standard InChI is InChI=1S/C25H30N6O4/c1-3-29-10-12-30(13-11-29)24-26-22-21(23(33)27-25(34)28(22)2)31(24)15-19(32)16-35-20-9-8-17-6-4-5-7-18(17)14-20/h4-9,14,19,32H,3,10-13,15-16H2,1-2H3,(H,27,33,34)/t19-/m0/s1. The van der Waals surface area contributed by atoms with Crippen LogP contribution >= 0.6 is 0 Å². The summed E-state index contributed by atoms with van der Waals surface area (Å²) in [4.78, 5) is 36.4. The van der Waals surface area contributed by atoms with E-state index >= 15 is 0 Å². The van der Waals surface area contributed by atoms with E-state index in [-0.39, 0.29) is 18.7 Å². The number of imidazole rings is 1. The van der Waals surface area contributed by atoms with Gasteiger partial charge in [-0.25, -0.2) is 4.79 Å². The minimum Gasteiger partial charge on any atom is -0.491 e. The summed E-state index contributed by atoms with van der Waals surface area (Å²) in [5.74, 6) is 1.24. The van der Waals surface area contributed by atoms with Gasteiger partial charge < -0.3 is 24.2 Å². The number of hydrogen-bond donors (Lipinski definition) is 2. The topological polar surface area (TPSA) is 109 Å². The van der Waals surface area contributed by atoms with Gasteiger partial charge in [-0.3, -0.25) is 14.3 Å². The van der Waals surface area contributed by atoms with Crippen molar-refractivity contribution in [2.24, 2.45) is 7.05 Å². The van der Waals surface area contributed by atoms with Crippen LogP contribution in [0.25, 0.3) is 21.9 Å². The fourth-order valence-electron chi connectivity index (χ4n) is 4.61. The van der Waals surface area contributed by atoms with Crippen molar-refractivity contribution in [3.05, 3.63) is 63.3 Å². The molecule has 0 spiro atoms. The monoisotopic (exact) mass is 478 g/mol. The van der Waals surface area contributed by atoms with E-state index in [4.69, 9.17) is 4.74 Å². The molecule has 0 amide bonds. The van der Waals surface area contributed by atoms with Crippen molar-refractivity contribution in [3.63, 3.8) is 0 Å². The first kappa shape index (κ1) is 23.1. The summed E-state index contributed by atoms with van der Waals surface area (Å²) in [5.41, 5.74) is -0.467. The molecule has 1 atom stereocenters. The van der Waals surface area contributed by atoms with E-state index in [1.807, 2.05) is 42.5 Å². The van der Waals surface area contributed by atoms with E-state index in [2.05, 4.69) is 26.7 Å². The number of aromatic nitrogens is 4. The van der Waals surface area contributed by atoms with Crippen molar-refractivity contribution in [3.8, 4) is 5.75 Å². The minimum absolute atomic E-state index is 0.0464. The number of aliphatic hydroxyl groups is 1. The Morgan fingerprint density at radius 2 is 1.83 bits per heavy atom. The third-order valence-corrected chi connectivity index (χ3v) is 6.65. The summed E-state index contributed by atoms with van der Waals surface area (Å²) in [7, 11) is 1.58. The van der Waals surface area contributed by atoms with Crippen molar-refractivity contribution in [2.75, 3.05) is 44.2 Å². The Bertz CT molecular complexity index is 1460. The first-order valence-corrected chi connectivity index (χ1v) is 11.9. The Balaban J connectivity index is 1.42. The number of ether oxygens (including phenoxy) is 1. The Morgan fingerprint density at radius 1 is 1.09 bits per heavy atom. The third-order valence-electron chi connectivity index (χ3n) is 6.65. The van der Waals surface area contributed by atoms with Crippen molar-refractivity contribution in [2.45, 2.75) is 19.6 Å². The lowest BCUT2D eigenvalue weighted by molar-refractivity contribution is 0.0936. The molecule has 0 saturated carbocycles. The Labute approximate surface area is 202 Å². The molecule has 1 saturated heterocycles. The highest BCUT2D eigenvalue weighted by atomic mass is 16.5. The van der Waals surface area contributed by atoms with Crippen molar-refractivity contribution < 1.29 is 9.84 Å². The molecule has 4 aromatic rings. The van der Waals surface area contributed by atoms with Gasteiger partial charge in [0.05, 0.1) is 6.54 Å². The van der Waals surface area contributed by atoms with E-state index in [1.54, 1.807) is 11.6 Å². The normalized spacial score (nSPS) is 15.7. The second-order valence-electron chi connectivity index (χ2n) is 8.91. The van der Waals surface area contributed by atoms with Gasteiger partial charge in [0.2, 0.25) is 5.95 Å². The highest BCUT2D eigenvalue weighted by Crippen LogP contribution is 2.23. The van der Waals surface area contributed by atoms with E-state index in [0.29, 0.717) is 17.3 Å². The molecule has 10 nitrogen and oxygen atoms in total. The summed E-state index contributed by atoms with van der Waals surface area (Å²) >= 11 is 0. The van der Waals surface area contributed by atoms with E-state index in [1.165, 1.54) is 4.57 Å². The summed E-state index contributed by atoms with van der Waals surface area (Å²) in [6.07, 6.45) is -0.897. The molecule has 2 aromatic carbocycles. The van der Waals surface area contributed by atoms with Gasteiger partial charge in [0.1, 0.15) is 18.5 Å². The van der Waals surface area contributed by atoms with Crippen LogP contribution in [0.1, 0.15) is 6.92 Å². The largest absolute Gasteiger partial charge is 0.491 e. The maximum Gasteiger partial charge on any atom is 0.329 e. The van der Waals surface area contributed by atoms with Crippen LogP contribution in [0, 0.1) is 0 Å². The van der Waals surface area contributed by atoms with Crippen molar-refractivity contribution in [1.82, 2.24) is 24.0 Å². The molecule has 2 N–H and O–H groups in total. The molecular formula is C25H30N6O4. The maximum atomic E-state index is 12.8. The number of nitrogens with zero attached hydrogens (tertiary/aromatic N) is 5. The van der Waals surface area contributed by atoms with Gasteiger partial charge in [0.15, 0.2) is 11.2 Å². The van der Waals surface area contributed by atoms with Gasteiger partial charge in [0.25, 0.3) is 5.56 Å². The SMILES string of the molecule is CCN1CCN(c2nc3c(c(=O)[nH]c(=O)n3C)n2C[C@H](O)COc2ccc3ccccc3c2)CC1. The lowest BCUT2D eigenvalue weighted by Crippen LogP contribution is -2.47. The molecule has 1 fully saturated rings. The molecule has 2 aromatic heterocycles. The van der Waals surface area contributed by atoms with Gasteiger partial charge in [-0.1, -0.05) is 37.3 Å². The number of hydrogen-bond acceptors (Lipinski definition) is 7. The highest BCUT2D eigenvalue weighted by Gasteiger charge is 2.25. The van der Waals surface area contributed by atoms with E-state index < -0.39 is 17.4 Å². The predicted molar refractivity (Wildman–Crippen MR) is 135 cm³/mol. The van der Waals surface area contributed by atoms with Gasteiger partial charge in [0, 0.05) is 33.2 Å². The number of nitrogens with one attached hydrogen (secondary N) is 1. The van der Waals surface area contributed by atoms with Gasteiger partial charge in [-0.2, -0.15) is 4.98 Å². The van der Waals surface area contributed by atoms with Gasteiger partial charge >= 0.3 is 5.69 Å². The second-order valence-corrected chi connectivity index (χ2v) is 8.91. The molecule has 0 radical (unpaired) electrons. The summed E-state index contributed by atoms with van der Waals surface area (Å²) in [5, 5.41) is 13.1. The molecule has 1 aliphatic rings. The number of aryl methyl sites for hydroxylation is 1. The Hall–Kier alpha value is -3.63. The van der Waals surface area contributed by atoms with Crippen LogP contribution < -0.4 is 20.9 Å². The predicted octanol–water partition coefficient (Wildman–Crippen LogP) is 1.16.